The molecular weight excluding hydrogens is 214 g/mol. The van der Waals surface area contributed by atoms with Gasteiger partial charge in [0, 0.05) is 19.7 Å². The van der Waals surface area contributed by atoms with E-state index < -0.39 is 0 Å². The first-order valence-electron chi connectivity index (χ1n) is 7.16. The quantitative estimate of drug-likeness (QED) is 0.631. The highest BCUT2D eigenvalue weighted by Gasteiger charge is 2.19. The van der Waals surface area contributed by atoms with E-state index >= 15 is 0 Å². The molecule has 0 aliphatic heterocycles. The number of methoxy groups -OCH3 is 1. The molecule has 102 valence electrons. The van der Waals surface area contributed by atoms with Crippen molar-refractivity contribution in [3.63, 3.8) is 0 Å². The molecular formula is C14H29NO2. The van der Waals surface area contributed by atoms with E-state index in [1.54, 1.807) is 7.11 Å². The highest BCUT2D eigenvalue weighted by Crippen LogP contribution is 2.27. The first-order valence-corrected chi connectivity index (χ1v) is 7.16. The predicted molar refractivity (Wildman–Crippen MR) is 71.4 cm³/mol. The summed E-state index contributed by atoms with van der Waals surface area (Å²) in [6.45, 7) is 5.48. The van der Waals surface area contributed by atoms with E-state index in [9.17, 15) is 0 Å². The Morgan fingerprint density at radius 3 is 2.47 bits per heavy atom. The van der Waals surface area contributed by atoms with E-state index in [-0.39, 0.29) is 0 Å². The highest BCUT2D eigenvalue weighted by atomic mass is 16.5. The maximum Gasteiger partial charge on any atom is 0.0700 e. The summed E-state index contributed by atoms with van der Waals surface area (Å²) in [4.78, 5) is 0. The number of hydrogen-bond donors (Lipinski definition) is 1. The van der Waals surface area contributed by atoms with E-state index in [4.69, 9.17) is 9.47 Å². The lowest BCUT2D eigenvalue weighted by Gasteiger charge is -2.29. The summed E-state index contributed by atoms with van der Waals surface area (Å²) < 4.78 is 10.4. The van der Waals surface area contributed by atoms with Gasteiger partial charge in [0.2, 0.25) is 0 Å². The number of ether oxygens (including phenoxy) is 2. The molecule has 0 bridgehead atoms. The maximum absolute atomic E-state index is 5.44. The van der Waals surface area contributed by atoms with E-state index in [0.717, 1.165) is 25.1 Å². The highest BCUT2D eigenvalue weighted by molar-refractivity contribution is 4.76. The first-order chi connectivity index (χ1) is 8.36. The fourth-order valence-corrected chi connectivity index (χ4v) is 2.64. The summed E-state index contributed by atoms with van der Waals surface area (Å²) in [6.07, 6.45) is 8.29. The van der Waals surface area contributed by atoms with Crippen LogP contribution in [-0.4, -0.2) is 39.5 Å². The van der Waals surface area contributed by atoms with Crippen LogP contribution >= 0.6 is 0 Å². The lowest BCUT2D eigenvalue weighted by molar-refractivity contribution is 0.0702. The Kier molecular flexibility index (Phi) is 8.67. The topological polar surface area (TPSA) is 30.5 Å². The summed E-state index contributed by atoms with van der Waals surface area (Å²) in [5.41, 5.74) is 0. The van der Waals surface area contributed by atoms with Crippen LogP contribution in [-0.2, 0) is 9.47 Å². The standard InChI is InChI=1S/C14H29NO2/c1-3-4-13-5-7-14(8-6-13)15-9-10-17-12-11-16-2/h13-15H,3-12H2,1-2H3. The lowest BCUT2D eigenvalue weighted by atomic mass is 9.83. The number of rotatable bonds is 9. The molecule has 1 rings (SSSR count). The first kappa shape index (κ1) is 14.9. The molecule has 1 aliphatic rings. The molecule has 0 atom stereocenters. The van der Waals surface area contributed by atoms with Gasteiger partial charge in [-0.05, 0) is 31.6 Å². The van der Waals surface area contributed by atoms with Crippen LogP contribution in [0.4, 0.5) is 0 Å². The van der Waals surface area contributed by atoms with Crippen molar-refractivity contribution in [2.45, 2.75) is 51.5 Å². The van der Waals surface area contributed by atoms with Crippen molar-refractivity contribution in [2.75, 3.05) is 33.5 Å². The molecule has 0 aromatic carbocycles. The molecule has 1 N–H and O–H groups in total. The Balaban J connectivity index is 1.91. The molecule has 0 aromatic heterocycles. The zero-order chi connectivity index (χ0) is 12.3. The van der Waals surface area contributed by atoms with Gasteiger partial charge in [-0.2, -0.15) is 0 Å². The molecule has 1 fully saturated rings. The lowest BCUT2D eigenvalue weighted by Crippen LogP contribution is -2.35. The van der Waals surface area contributed by atoms with Crippen LogP contribution < -0.4 is 5.32 Å². The van der Waals surface area contributed by atoms with E-state index in [1.807, 2.05) is 0 Å². The second-order valence-electron chi connectivity index (χ2n) is 5.07. The molecule has 0 spiro atoms. The molecule has 1 saturated carbocycles. The molecule has 1 aliphatic carbocycles. The Labute approximate surface area is 106 Å². The summed E-state index contributed by atoms with van der Waals surface area (Å²) >= 11 is 0. The summed E-state index contributed by atoms with van der Waals surface area (Å²) in [5, 5.41) is 3.60. The second kappa shape index (κ2) is 9.86. The van der Waals surface area contributed by atoms with Gasteiger partial charge >= 0.3 is 0 Å². The van der Waals surface area contributed by atoms with Crippen molar-refractivity contribution >= 4 is 0 Å². The van der Waals surface area contributed by atoms with Crippen molar-refractivity contribution in [3.05, 3.63) is 0 Å². The maximum atomic E-state index is 5.44. The molecule has 0 heterocycles. The average Bonchev–Trinajstić information content (AvgIpc) is 2.36. The van der Waals surface area contributed by atoms with Crippen molar-refractivity contribution in [3.8, 4) is 0 Å². The van der Waals surface area contributed by atoms with Crippen LogP contribution in [0, 0.1) is 5.92 Å². The average molecular weight is 243 g/mol. The third-order valence-electron chi connectivity index (χ3n) is 3.65. The molecule has 0 amide bonds. The number of nitrogens with one attached hydrogen (secondary N) is 1. The van der Waals surface area contributed by atoms with Gasteiger partial charge in [-0.3, -0.25) is 0 Å². The Bertz CT molecular complexity index is 168. The van der Waals surface area contributed by atoms with Crippen molar-refractivity contribution in [1.82, 2.24) is 5.32 Å². The van der Waals surface area contributed by atoms with Crippen LogP contribution in [0.2, 0.25) is 0 Å². The molecule has 0 unspecified atom stereocenters. The Morgan fingerprint density at radius 1 is 1.06 bits per heavy atom. The summed E-state index contributed by atoms with van der Waals surface area (Å²) in [6, 6.07) is 0.731. The van der Waals surface area contributed by atoms with Gasteiger partial charge in [0.15, 0.2) is 0 Å². The van der Waals surface area contributed by atoms with Crippen molar-refractivity contribution in [1.29, 1.82) is 0 Å². The van der Waals surface area contributed by atoms with E-state index in [0.29, 0.717) is 13.2 Å². The molecule has 17 heavy (non-hydrogen) atoms. The van der Waals surface area contributed by atoms with Gasteiger partial charge in [-0.1, -0.05) is 19.8 Å². The van der Waals surface area contributed by atoms with E-state index in [2.05, 4.69) is 12.2 Å². The number of hydrogen-bond acceptors (Lipinski definition) is 3. The molecule has 3 heteroatoms. The largest absolute Gasteiger partial charge is 0.382 e. The summed E-state index contributed by atoms with van der Waals surface area (Å²) in [7, 11) is 1.70. The molecule has 3 nitrogen and oxygen atoms in total. The zero-order valence-electron chi connectivity index (χ0n) is 11.5. The van der Waals surface area contributed by atoms with Gasteiger partial charge in [-0.25, -0.2) is 0 Å². The Hall–Kier alpha value is -0.120. The minimum absolute atomic E-state index is 0.697. The normalized spacial score (nSPS) is 25.1. The van der Waals surface area contributed by atoms with Crippen LogP contribution in [0.3, 0.4) is 0 Å². The SMILES string of the molecule is CCCC1CCC(NCCOCCOC)CC1. The monoisotopic (exact) mass is 243 g/mol. The van der Waals surface area contributed by atoms with Crippen LogP contribution in [0.1, 0.15) is 45.4 Å². The fourth-order valence-electron chi connectivity index (χ4n) is 2.64. The van der Waals surface area contributed by atoms with Gasteiger partial charge in [0.25, 0.3) is 0 Å². The van der Waals surface area contributed by atoms with Gasteiger partial charge in [0.05, 0.1) is 19.8 Å². The molecule has 0 radical (unpaired) electrons. The predicted octanol–water partition coefficient (Wildman–Crippen LogP) is 2.60. The zero-order valence-corrected chi connectivity index (χ0v) is 11.5. The Morgan fingerprint density at radius 2 is 1.82 bits per heavy atom. The van der Waals surface area contributed by atoms with Crippen molar-refractivity contribution in [2.24, 2.45) is 5.92 Å². The third-order valence-corrected chi connectivity index (χ3v) is 3.65. The molecule has 0 saturated heterocycles. The van der Waals surface area contributed by atoms with Crippen LogP contribution in [0.5, 0.6) is 0 Å². The van der Waals surface area contributed by atoms with E-state index in [1.165, 1.54) is 38.5 Å². The van der Waals surface area contributed by atoms with Crippen LogP contribution in [0.25, 0.3) is 0 Å². The molecule has 0 aromatic rings. The van der Waals surface area contributed by atoms with Gasteiger partial charge < -0.3 is 14.8 Å². The fraction of sp³-hybridized carbons (Fsp3) is 1.00. The minimum atomic E-state index is 0.697. The minimum Gasteiger partial charge on any atom is -0.382 e. The van der Waals surface area contributed by atoms with Crippen molar-refractivity contribution < 1.29 is 9.47 Å². The smallest absolute Gasteiger partial charge is 0.0700 e. The van der Waals surface area contributed by atoms with Crippen LogP contribution in [0.15, 0.2) is 0 Å². The van der Waals surface area contributed by atoms with Gasteiger partial charge in [0.1, 0.15) is 0 Å². The summed E-state index contributed by atoms with van der Waals surface area (Å²) in [5.74, 6) is 0.996. The van der Waals surface area contributed by atoms with Gasteiger partial charge in [-0.15, -0.1) is 0 Å². The third kappa shape index (κ3) is 7.02. The second-order valence-corrected chi connectivity index (χ2v) is 5.07.